The van der Waals surface area contributed by atoms with Gasteiger partial charge in [-0.05, 0) is 33.1 Å². The lowest BCUT2D eigenvalue weighted by molar-refractivity contribution is -0.296. The predicted molar refractivity (Wildman–Crippen MR) is 174 cm³/mol. The Morgan fingerprint density at radius 1 is 0.600 bits per heavy atom. The summed E-state index contributed by atoms with van der Waals surface area (Å²) in [5.74, 6) is -1.52. The molecular formula is C31H57N5O14. The molecule has 0 aliphatic carbocycles. The zero-order valence-corrected chi connectivity index (χ0v) is 29.1. The molecule has 2 fully saturated rings. The van der Waals surface area contributed by atoms with Crippen LogP contribution in [0, 0.1) is 0 Å². The minimum absolute atomic E-state index is 0.0276. The molecule has 19 heteroatoms. The van der Waals surface area contributed by atoms with Crippen molar-refractivity contribution in [3.63, 3.8) is 0 Å². The topological polar surface area (TPSA) is 278 Å². The number of aliphatic hydroxyl groups excluding tert-OH is 6. The van der Waals surface area contributed by atoms with Crippen molar-refractivity contribution in [3.8, 4) is 0 Å². The van der Waals surface area contributed by atoms with Crippen LogP contribution in [0.1, 0.15) is 52.9 Å². The van der Waals surface area contributed by atoms with E-state index < -0.39 is 79.1 Å². The third kappa shape index (κ3) is 15.0. The van der Waals surface area contributed by atoms with Crippen LogP contribution in [-0.4, -0.2) is 180 Å². The van der Waals surface area contributed by atoms with Gasteiger partial charge in [0.2, 0.25) is 23.6 Å². The molecule has 2 aliphatic heterocycles. The van der Waals surface area contributed by atoms with E-state index in [9.17, 15) is 49.8 Å². The van der Waals surface area contributed by atoms with Crippen molar-refractivity contribution >= 4 is 23.6 Å². The van der Waals surface area contributed by atoms with Crippen molar-refractivity contribution < 1.29 is 68.8 Å². The molecule has 0 aromatic carbocycles. The predicted octanol–water partition coefficient (Wildman–Crippen LogP) is -4.59. The van der Waals surface area contributed by atoms with Crippen LogP contribution < -0.4 is 21.3 Å². The standard InChI is InChI=1S/C31H57N5O14/c1-4-19-25(42)27(44)29(46)31(50-19)48-14-12-35-23(40)17-36(15-21(38)33-10-8-6-7-9-20(37)32-5-2)16-22(39)34-11-13-47-30-28(45)26(43)24(41)18(3)49-30/h18-19,24-31,41-46H,4-17H2,1-3H3,(H,32,37)(H,33,38)(H,34,39)(H,35,40)/t18-,19+,24+,25+,26+,27-,28-,29-,30+,31+/m0/s1. The number of carbonyl (C=O) groups is 4. The van der Waals surface area contributed by atoms with Gasteiger partial charge in [0.1, 0.15) is 36.6 Å². The Morgan fingerprint density at radius 2 is 1.10 bits per heavy atom. The number of carbonyl (C=O) groups excluding carboxylic acids is 4. The summed E-state index contributed by atoms with van der Waals surface area (Å²) in [6, 6.07) is 0. The van der Waals surface area contributed by atoms with Gasteiger partial charge in [0.25, 0.3) is 0 Å². The molecule has 10 N–H and O–H groups in total. The van der Waals surface area contributed by atoms with Crippen molar-refractivity contribution in [2.75, 3.05) is 59.0 Å². The molecule has 4 amide bonds. The molecule has 50 heavy (non-hydrogen) atoms. The van der Waals surface area contributed by atoms with Crippen LogP contribution in [0.5, 0.6) is 0 Å². The Morgan fingerprint density at radius 3 is 1.62 bits per heavy atom. The summed E-state index contributed by atoms with van der Waals surface area (Å²) in [5, 5.41) is 70.7. The number of hydrogen-bond donors (Lipinski definition) is 10. The Labute approximate surface area is 292 Å². The molecule has 2 saturated heterocycles. The van der Waals surface area contributed by atoms with Crippen molar-refractivity contribution in [1.82, 2.24) is 26.2 Å². The first kappa shape index (κ1) is 43.6. The summed E-state index contributed by atoms with van der Waals surface area (Å²) in [6.45, 7) is 4.76. The molecule has 0 saturated carbocycles. The van der Waals surface area contributed by atoms with E-state index in [1.54, 1.807) is 6.92 Å². The lowest BCUT2D eigenvalue weighted by atomic mass is 9.97. The summed E-state index contributed by atoms with van der Waals surface area (Å²) >= 11 is 0. The number of rotatable bonds is 22. The average molecular weight is 724 g/mol. The van der Waals surface area contributed by atoms with Crippen molar-refractivity contribution in [2.24, 2.45) is 0 Å². The zero-order valence-electron chi connectivity index (χ0n) is 29.1. The maximum atomic E-state index is 12.7. The van der Waals surface area contributed by atoms with Gasteiger partial charge in [-0.1, -0.05) is 13.3 Å². The molecule has 10 atom stereocenters. The summed E-state index contributed by atoms with van der Waals surface area (Å²) in [4.78, 5) is 51.0. The summed E-state index contributed by atoms with van der Waals surface area (Å²) in [7, 11) is 0. The van der Waals surface area contributed by atoms with Gasteiger partial charge in [-0.15, -0.1) is 0 Å². The van der Waals surface area contributed by atoms with Gasteiger partial charge in [0, 0.05) is 32.6 Å². The minimum atomic E-state index is -1.50. The van der Waals surface area contributed by atoms with Crippen LogP contribution in [-0.2, 0) is 38.1 Å². The van der Waals surface area contributed by atoms with Crippen molar-refractivity contribution in [2.45, 2.75) is 114 Å². The highest BCUT2D eigenvalue weighted by Crippen LogP contribution is 2.24. The molecular weight excluding hydrogens is 666 g/mol. The van der Waals surface area contributed by atoms with Gasteiger partial charge in [-0.3, -0.25) is 24.1 Å². The summed E-state index contributed by atoms with van der Waals surface area (Å²) in [5.41, 5.74) is 0. The molecule has 2 aliphatic rings. The number of nitrogens with one attached hydrogen (secondary N) is 4. The van der Waals surface area contributed by atoms with E-state index in [0.717, 1.165) is 6.42 Å². The molecule has 0 aromatic rings. The second kappa shape index (κ2) is 23.1. The van der Waals surface area contributed by atoms with Gasteiger partial charge >= 0.3 is 0 Å². The second-order valence-electron chi connectivity index (χ2n) is 12.3. The first-order valence-corrected chi connectivity index (χ1v) is 17.2. The smallest absolute Gasteiger partial charge is 0.234 e. The zero-order chi connectivity index (χ0) is 37.2. The van der Waals surface area contributed by atoms with Crippen LogP contribution in [0.25, 0.3) is 0 Å². The number of hydrogen-bond acceptors (Lipinski definition) is 15. The number of unbranched alkanes of at least 4 members (excludes halogenated alkanes) is 2. The van der Waals surface area contributed by atoms with Crippen LogP contribution in [0.2, 0.25) is 0 Å². The monoisotopic (exact) mass is 723 g/mol. The van der Waals surface area contributed by atoms with Crippen molar-refractivity contribution in [1.29, 1.82) is 0 Å². The average Bonchev–Trinajstić information content (AvgIpc) is 3.07. The molecule has 19 nitrogen and oxygen atoms in total. The molecule has 290 valence electrons. The van der Waals surface area contributed by atoms with Crippen LogP contribution in [0.15, 0.2) is 0 Å². The molecule has 0 bridgehead atoms. The Balaban J connectivity index is 1.82. The fourth-order valence-electron chi connectivity index (χ4n) is 5.32. The molecule has 2 heterocycles. The largest absolute Gasteiger partial charge is 0.388 e. The van der Waals surface area contributed by atoms with Gasteiger partial charge in [-0.25, -0.2) is 0 Å². The number of nitrogens with zero attached hydrogens (tertiary/aromatic N) is 1. The second-order valence-corrected chi connectivity index (χ2v) is 12.3. The summed E-state index contributed by atoms with van der Waals surface area (Å²) in [6.07, 6.45) is -9.66. The first-order valence-electron chi connectivity index (χ1n) is 17.2. The maximum Gasteiger partial charge on any atom is 0.234 e. The fourth-order valence-corrected chi connectivity index (χ4v) is 5.32. The van der Waals surface area contributed by atoms with E-state index in [1.807, 2.05) is 6.92 Å². The highest BCUT2D eigenvalue weighted by atomic mass is 16.7. The lowest BCUT2D eigenvalue weighted by Crippen LogP contribution is -2.58. The maximum absolute atomic E-state index is 12.7. The van der Waals surface area contributed by atoms with Gasteiger partial charge in [-0.2, -0.15) is 0 Å². The Kier molecular flexibility index (Phi) is 20.1. The normalized spacial score (nSPS) is 29.7. The van der Waals surface area contributed by atoms with E-state index in [1.165, 1.54) is 11.8 Å². The third-order valence-corrected chi connectivity index (χ3v) is 8.17. The van der Waals surface area contributed by atoms with Crippen LogP contribution in [0.3, 0.4) is 0 Å². The fraction of sp³-hybridized carbons (Fsp3) is 0.871. The highest BCUT2D eigenvalue weighted by Gasteiger charge is 2.44. The first-order chi connectivity index (χ1) is 23.8. The number of aliphatic hydroxyl groups is 6. The van der Waals surface area contributed by atoms with Crippen LogP contribution in [0.4, 0.5) is 0 Å². The lowest BCUT2D eigenvalue weighted by Gasteiger charge is -2.40. The van der Waals surface area contributed by atoms with E-state index in [-0.39, 0.29) is 51.8 Å². The minimum Gasteiger partial charge on any atom is -0.388 e. The highest BCUT2D eigenvalue weighted by molar-refractivity contribution is 5.84. The Hall–Kier alpha value is -2.56. The molecule has 2 rings (SSSR count). The van der Waals surface area contributed by atoms with E-state index in [0.29, 0.717) is 38.8 Å². The van der Waals surface area contributed by atoms with Gasteiger partial charge in [0.05, 0.1) is 45.1 Å². The van der Waals surface area contributed by atoms with E-state index >= 15 is 0 Å². The Bertz CT molecular complexity index is 1040. The SMILES string of the molecule is CCNC(=O)CCCCCNC(=O)CN(CC(=O)NCCO[C@@H]1O[C@H](CC)[C@@H](O)[C@H](O)[C@@H]1O)CC(=O)NCCO[C@@H]1O[C@@H](C)[C@@H](O)[C@@H](O)[C@@H]1O. The number of amides is 4. The van der Waals surface area contributed by atoms with Crippen LogP contribution >= 0.6 is 0 Å². The third-order valence-electron chi connectivity index (χ3n) is 8.17. The van der Waals surface area contributed by atoms with E-state index in [4.69, 9.17) is 18.9 Å². The quantitative estimate of drug-likeness (QED) is 0.0471. The van der Waals surface area contributed by atoms with Crippen molar-refractivity contribution in [3.05, 3.63) is 0 Å². The van der Waals surface area contributed by atoms with E-state index in [2.05, 4.69) is 21.3 Å². The molecule has 0 aromatic heterocycles. The molecule has 0 radical (unpaired) electrons. The van der Waals surface area contributed by atoms with Gasteiger partial charge < -0.3 is 70.9 Å². The van der Waals surface area contributed by atoms with Gasteiger partial charge in [0.15, 0.2) is 12.6 Å². The number of ether oxygens (including phenoxy) is 4. The molecule has 0 unspecified atom stereocenters. The molecule has 0 spiro atoms. The summed E-state index contributed by atoms with van der Waals surface area (Å²) < 4.78 is 21.7.